The van der Waals surface area contributed by atoms with Crippen LogP contribution in [0.5, 0.6) is 0 Å². The van der Waals surface area contributed by atoms with Gasteiger partial charge in [0.1, 0.15) is 91.6 Å². The monoisotopic (exact) mass is 1030 g/mol. The summed E-state index contributed by atoms with van der Waals surface area (Å²) in [4.78, 5) is 36.2. The lowest BCUT2D eigenvalue weighted by Crippen LogP contribution is -2.65. The highest BCUT2D eigenvalue weighted by molar-refractivity contribution is 8.00. The fourth-order valence-electron chi connectivity index (χ4n) is 9.01. The van der Waals surface area contributed by atoms with Gasteiger partial charge in [0.15, 0.2) is 25.2 Å². The lowest BCUT2D eigenvalue weighted by Gasteiger charge is -2.47. The van der Waals surface area contributed by atoms with Gasteiger partial charge in [0.05, 0.1) is 38.0 Å². The zero-order valence-corrected chi connectivity index (χ0v) is 39.5. The van der Waals surface area contributed by atoms with Crippen LogP contribution in [0.3, 0.4) is 0 Å². The largest absolute Gasteiger partial charge is 0.394 e. The van der Waals surface area contributed by atoms with E-state index in [1.807, 2.05) is 11.8 Å². The molecule has 0 bridgehead atoms. The van der Waals surface area contributed by atoms with Gasteiger partial charge in [-0.3, -0.25) is 9.59 Å². The Bertz CT molecular complexity index is 1650. The van der Waals surface area contributed by atoms with Crippen molar-refractivity contribution in [3.8, 4) is 0 Å². The second-order valence-electron chi connectivity index (χ2n) is 18.4. The van der Waals surface area contributed by atoms with Gasteiger partial charge in [-0.05, 0) is 32.6 Å². The normalized spacial score (nSPS) is 43.0. The second-order valence-corrected chi connectivity index (χ2v) is 19.7. The Hall–Kier alpha value is -2.24. The van der Waals surface area contributed by atoms with Crippen LogP contribution in [-0.2, 0) is 47.5 Å². The fraction of sp³-hybridized carbons (Fsp3) is 0.929. The number of unbranched alkanes of at least 4 members (excludes halogenated alkanes) is 3. The number of nitrogens with one attached hydrogen (secondary N) is 4. The molecule has 0 aromatic heterocycles. The van der Waals surface area contributed by atoms with Crippen molar-refractivity contribution in [3.63, 3.8) is 0 Å². The summed E-state index contributed by atoms with van der Waals surface area (Å²) < 4.78 is 45.1. The molecule has 0 spiro atoms. The molecule has 6 aliphatic rings. The average Bonchev–Trinajstić information content (AvgIpc) is 3.90. The van der Waals surface area contributed by atoms with Gasteiger partial charge in [0, 0.05) is 43.5 Å². The van der Waals surface area contributed by atoms with Gasteiger partial charge < -0.3 is 120 Å². The second kappa shape index (κ2) is 26.8. The number of carbonyl (C=O) groups excluding carboxylic acids is 3. The predicted octanol–water partition coefficient (Wildman–Crippen LogP) is -7.18. The van der Waals surface area contributed by atoms with Gasteiger partial charge in [-0.25, -0.2) is 4.79 Å². The number of thioether (sulfide) groups is 1. The van der Waals surface area contributed by atoms with Crippen LogP contribution in [0.2, 0.25) is 0 Å². The predicted molar refractivity (Wildman–Crippen MR) is 235 cm³/mol. The van der Waals surface area contributed by atoms with E-state index in [2.05, 4.69) is 21.3 Å². The van der Waals surface area contributed by atoms with E-state index < -0.39 is 143 Å². The third-order valence-electron chi connectivity index (χ3n) is 13.3. The Labute approximate surface area is 407 Å². The molecular weight excluding hydrogens is 961 g/mol. The Balaban J connectivity index is 0.912. The molecule has 6 rings (SSSR count). The molecule has 6 fully saturated rings. The fourth-order valence-corrected chi connectivity index (χ4v) is 10.6. The quantitative estimate of drug-likeness (QED) is 0.0315. The van der Waals surface area contributed by atoms with Gasteiger partial charge in [-0.2, -0.15) is 11.8 Å². The minimum absolute atomic E-state index is 0.0110. The summed E-state index contributed by atoms with van der Waals surface area (Å²) in [5, 5.41) is 138. The van der Waals surface area contributed by atoms with Crippen molar-refractivity contribution in [2.75, 3.05) is 45.3 Å². The third kappa shape index (κ3) is 14.5. The SMILES string of the molecule is C[C@H]1O[C@H](O[C@H]2[C@@H](O)[C@@H](CO[C@@H]3O[C@H](CO)[C@H](O)[C@H](O)[C@H]3O)O[C@@H](OC[C@H]3O[C@@H](OCCCCCC(=O)NCCNC(=O)CCCC[C@@H]4SC[C@@H]5NC(=O)N[C@@H]54)[C@H](O)[C@@H](O)[C@H]3O)[C@@H]2O)[C@H](O)[C@@H](O)[C@H]1O. The topological polar surface area (TPSA) is 416 Å². The number of aliphatic hydroxyl groups excluding tert-OH is 12. The third-order valence-corrected chi connectivity index (χ3v) is 14.8. The van der Waals surface area contributed by atoms with E-state index in [9.17, 15) is 75.7 Å². The van der Waals surface area contributed by atoms with Gasteiger partial charge in [0.2, 0.25) is 11.8 Å². The molecule has 6 aliphatic heterocycles. The maximum absolute atomic E-state index is 12.4. The molecule has 4 amide bonds. The Kier molecular flexibility index (Phi) is 21.9. The van der Waals surface area contributed by atoms with E-state index in [0.717, 1.165) is 25.0 Å². The van der Waals surface area contributed by atoms with Crippen molar-refractivity contribution in [2.45, 2.75) is 198 Å². The van der Waals surface area contributed by atoms with Gasteiger partial charge in [0.25, 0.3) is 0 Å². The summed E-state index contributed by atoms with van der Waals surface area (Å²) in [5.74, 6) is 0.576. The first kappa shape index (κ1) is 57.0. The van der Waals surface area contributed by atoms with E-state index in [1.54, 1.807) is 0 Å². The standard InChI is InChI=1S/C42H72N4O23S/c1-17-26(50)30(54)35(59)41(65-17)69-37-29(53)21(15-63-39-34(58)31(55)27(51)19(13-47)66-39)68-40(36(37)60)64-14-20-28(52)32(56)33(57)38(67-20)62-12-6-2-3-8-23(48)43-10-11-44-24(49)9-5-4-7-22-25-18(16-70-22)45-42(61)46-25/h17-22,25-41,47,50-60H,2-16H2,1H3,(H,43,48)(H,44,49)(H2,45,46,61)/t17-,18+,19-,20-,21-,22+,25+,26+,27+,28+,29+,30+,31+,32+,33-,34-,35-,36-,37+,38-,39-,40-,41-/m1/s1. The lowest BCUT2D eigenvalue weighted by molar-refractivity contribution is -0.369. The van der Waals surface area contributed by atoms with Crippen LogP contribution in [0.1, 0.15) is 58.3 Å². The number of hydrogen-bond donors (Lipinski definition) is 16. The summed E-state index contributed by atoms with van der Waals surface area (Å²) in [6.45, 7) is -0.187. The highest BCUT2D eigenvalue weighted by Crippen LogP contribution is 2.34. The summed E-state index contributed by atoms with van der Waals surface area (Å²) in [6, 6.07) is 0.174. The highest BCUT2D eigenvalue weighted by atomic mass is 32.2. The van der Waals surface area contributed by atoms with E-state index in [4.69, 9.17) is 37.9 Å². The van der Waals surface area contributed by atoms with Crippen molar-refractivity contribution < 1.29 is 114 Å². The number of carbonyl (C=O) groups is 3. The molecule has 6 saturated heterocycles. The van der Waals surface area contributed by atoms with E-state index in [0.29, 0.717) is 30.9 Å². The summed E-state index contributed by atoms with van der Waals surface area (Å²) in [5.41, 5.74) is 0. The zero-order chi connectivity index (χ0) is 50.8. The molecule has 0 radical (unpaired) electrons. The number of hydrogen-bond acceptors (Lipinski definition) is 24. The molecule has 0 aliphatic carbocycles. The van der Waals surface area contributed by atoms with Gasteiger partial charge in [-0.15, -0.1) is 0 Å². The van der Waals surface area contributed by atoms with Crippen LogP contribution < -0.4 is 21.3 Å². The Morgan fingerprint density at radius 3 is 1.76 bits per heavy atom. The van der Waals surface area contributed by atoms with Crippen molar-refractivity contribution >= 4 is 29.6 Å². The summed E-state index contributed by atoms with van der Waals surface area (Å²) in [7, 11) is 0. The Morgan fingerprint density at radius 1 is 0.600 bits per heavy atom. The summed E-state index contributed by atoms with van der Waals surface area (Å²) in [6.07, 6.45) is -28.9. The van der Waals surface area contributed by atoms with Crippen molar-refractivity contribution in [1.29, 1.82) is 0 Å². The summed E-state index contributed by atoms with van der Waals surface area (Å²) >= 11 is 1.83. The Morgan fingerprint density at radius 2 is 1.13 bits per heavy atom. The zero-order valence-electron chi connectivity index (χ0n) is 38.7. The number of fused-ring (bicyclic) bond motifs is 1. The maximum Gasteiger partial charge on any atom is 0.315 e. The van der Waals surface area contributed by atoms with Crippen LogP contribution in [0.4, 0.5) is 4.79 Å². The highest BCUT2D eigenvalue weighted by Gasteiger charge is 2.53. The number of aliphatic hydroxyl groups is 12. The molecule has 0 aromatic carbocycles. The minimum atomic E-state index is -1.93. The van der Waals surface area contributed by atoms with Crippen molar-refractivity contribution in [2.24, 2.45) is 0 Å². The molecule has 6 heterocycles. The van der Waals surface area contributed by atoms with Crippen molar-refractivity contribution in [1.82, 2.24) is 21.3 Å². The van der Waals surface area contributed by atoms with Crippen LogP contribution in [0.25, 0.3) is 0 Å². The van der Waals surface area contributed by atoms with Crippen LogP contribution >= 0.6 is 11.8 Å². The number of ether oxygens (including phenoxy) is 8. The first-order valence-electron chi connectivity index (χ1n) is 23.8. The van der Waals surface area contributed by atoms with Crippen LogP contribution in [-0.4, -0.2) is 265 Å². The molecule has 404 valence electrons. The minimum Gasteiger partial charge on any atom is -0.394 e. The number of rotatable bonds is 24. The lowest BCUT2D eigenvalue weighted by atomic mass is 9.96. The molecule has 23 atom stereocenters. The molecule has 0 unspecified atom stereocenters. The van der Waals surface area contributed by atoms with Crippen molar-refractivity contribution in [3.05, 3.63) is 0 Å². The first-order valence-corrected chi connectivity index (χ1v) is 24.9. The molecule has 16 N–H and O–H groups in total. The molecular formula is C42H72N4O23S. The van der Waals surface area contributed by atoms with E-state index in [1.165, 1.54) is 6.92 Å². The first-order chi connectivity index (χ1) is 33.4. The van der Waals surface area contributed by atoms with Gasteiger partial charge >= 0.3 is 6.03 Å². The smallest absolute Gasteiger partial charge is 0.315 e. The number of urea groups is 1. The molecule has 0 saturated carbocycles. The van der Waals surface area contributed by atoms with E-state index in [-0.39, 0.29) is 56.0 Å². The number of amides is 4. The van der Waals surface area contributed by atoms with Gasteiger partial charge in [-0.1, -0.05) is 12.8 Å². The molecule has 28 heteroatoms. The average molecular weight is 1030 g/mol. The van der Waals surface area contributed by atoms with Crippen LogP contribution in [0.15, 0.2) is 0 Å². The molecule has 0 aromatic rings. The molecule has 70 heavy (non-hydrogen) atoms. The van der Waals surface area contributed by atoms with Crippen LogP contribution in [0, 0.1) is 0 Å². The maximum atomic E-state index is 12.4. The molecule has 27 nitrogen and oxygen atoms in total. The van der Waals surface area contributed by atoms with E-state index >= 15 is 0 Å².